The maximum Gasteiger partial charge on any atom is 0.0684 e. The van der Waals surface area contributed by atoms with Crippen LogP contribution >= 0.6 is 0 Å². The molecule has 98 valence electrons. The van der Waals surface area contributed by atoms with E-state index in [1.54, 1.807) is 0 Å². The summed E-state index contributed by atoms with van der Waals surface area (Å²) in [5, 5.41) is 0. The van der Waals surface area contributed by atoms with Crippen LogP contribution < -0.4 is 0 Å². The van der Waals surface area contributed by atoms with Crippen molar-refractivity contribution < 1.29 is 4.74 Å². The van der Waals surface area contributed by atoms with Gasteiger partial charge < -0.3 is 4.74 Å². The second-order valence-corrected chi connectivity index (χ2v) is 7.86. The number of hydrogen-bond acceptors (Lipinski definition) is 1. The Balaban J connectivity index is 2.04. The molecule has 0 N–H and O–H groups in total. The van der Waals surface area contributed by atoms with E-state index in [4.69, 9.17) is 4.74 Å². The molecule has 0 unspecified atom stereocenters. The van der Waals surface area contributed by atoms with Crippen LogP contribution in [0.2, 0.25) is 0 Å². The SMILES string of the molecule is CO[C@@]1(C)CC[C@]23C[C@@H]1C(C)(C)[C@@H]2CC[C@@H]3C. The molecular formula is C16H28O. The molecule has 1 nitrogen and oxygen atoms in total. The predicted molar refractivity (Wildman–Crippen MR) is 70.9 cm³/mol. The van der Waals surface area contributed by atoms with E-state index in [0.29, 0.717) is 10.8 Å². The monoisotopic (exact) mass is 236 g/mol. The fourth-order valence-corrected chi connectivity index (χ4v) is 6.10. The van der Waals surface area contributed by atoms with Gasteiger partial charge in [-0.2, -0.15) is 0 Å². The molecule has 1 spiro atoms. The third kappa shape index (κ3) is 1.25. The van der Waals surface area contributed by atoms with Crippen molar-refractivity contribution >= 4 is 0 Å². The van der Waals surface area contributed by atoms with Gasteiger partial charge in [0.25, 0.3) is 0 Å². The fraction of sp³-hybridized carbons (Fsp3) is 1.00. The first-order valence-electron chi connectivity index (χ1n) is 7.42. The van der Waals surface area contributed by atoms with Crippen molar-refractivity contribution in [3.05, 3.63) is 0 Å². The Bertz CT molecular complexity index is 334. The Morgan fingerprint density at radius 1 is 1.00 bits per heavy atom. The van der Waals surface area contributed by atoms with E-state index >= 15 is 0 Å². The van der Waals surface area contributed by atoms with Gasteiger partial charge in [-0.1, -0.05) is 20.8 Å². The Labute approximate surface area is 106 Å². The average Bonchev–Trinajstić information content (AvgIpc) is 2.70. The first kappa shape index (κ1) is 12.0. The summed E-state index contributed by atoms with van der Waals surface area (Å²) in [5.41, 5.74) is 1.29. The van der Waals surface area contributed by atoms with E-state index < -0.39 is 0 Å². The van der Waals surface area contributed by atoms with Crippen molar-refractivity contribution in [3.63, 3.8) is 0 Å². The van der Waals surface area contributed by atoms with Gasteiger partial charge in [0, 0.05) is 7.11 Å². The Morgan fingerprint density at radius 3 is 2.35 bits per heavy atom. The molecule has 0 aromatic rings. The van der Waals surface area contributed by atoms with E-state index in [2.05, 4.69) is 27.7 Å². The van der Waals surface area contributed by atoms with Gasteiger partial charge in [-0.05, 0) is 67.6 Å². The summed E-state index contributed by atoms with van der Waals surface area (Å²) >= 11 is 0. The summed E-state index contributed by atoms with van der Waals surface area (Å²) in [4.78, 5) is 0. The molecule has 0 aromatic heterocycles. The number of hydrogen-bond donors (Lipinski definition) is 0. The Morgan fingerprint density at radius 2 is 1.71 bits per heavy atom. The number of fused-ring (bicyclic) bond motifs is 1. The van der Waals surface area contributed by atoms with Gasteiger partial charge in [-0.15, -0.1) is 0 Å². The molecule has 2 bridgehead atoms. The van der Waals surface area contributed by atoms with Gasteiger partial charge in [-0.3, -0.25) is 0 Å². The highest BCUT2D eigenvalue weighted by Gasteiger charge is 2.68. The van der Waals surface area contributed by atoms with Crippen LogP contribution in [-0.4, -0.2) is 12.7 Å². The van der Waals surface area contributed by atoms with Crippen molar-refractivity contribution in [2.45, 2.75) is 65.4 Å². The van der Waals surface area contributed by atoms with Gasteiger partial charge in [-0.25, -0.2) is 0 Å². The molecule has 0 heterocycles. The van der Waals surface area contributed by atoms with Crippen LogP contribution in [0.25, 0.3) is 0 Å². The summed E-state index contributed by atoms with van der Waals surface area (Å²) in [6.07, 6.45) is 7.03. The van der Waals surface area contributed by atoms with Crippen LogP contribution in [0.4, 0.5) is 0 Å². The second kappa shape index (κ2) is 3.29. The van der Waals surface area contributed by atoms with Crippen LogP contribution in [0.5, 0.6) is 0 Å². The van der Waals surface area contributed by atoms with Crippen LogP contribution in [0.1, 0.15) is 59.8 Å². The minimum absolute atomic E-state index is 0.138. The molecule has 3 rings (SSSR count). The summed E-state index contributed by atoms with van der Waals surface area (Å²) < 4.78 is 5.94. The standard InChI is InChI=1S/C16H28O/c1-11-6-7-12-14(2,3)13-10-16(11,12)9-8-15(13,4)17-5/h11-13H,6-10H2,1-5H3/t11-,12-,13+,15-,16+/m0/s1. The van der Waals surface area contributed by atoms with Gasteiger partial charge in [0.15, 0.2) is 0 Å². The molecule has 0 amide bonds. The smallest absolute Gasteiger partial charge is 0.0684 e. The molecule has 5 atom stereocenters. The van der Waals surface area contributed by atoms with E-state index in [9.17, 15) is 0 Å². The maximum atomic E-state index is 5.94. The zero-order valence-electron chi connectivity index (χ0n) is 12.2. The number of ether oxygens (including phenoxy) is 1. The van der Waals surface area contributed by atoms with Gasteiger partial charge in [0.1, 0.15) is 0 Å². The van der Waals surface area contributed by atoms with E-state index in [1.165, 1.54) is 32.1 Å². The third-order valence-electron chi connectivity index (χ3n) is 7.23. The van der Waals surface area contributed by atoms with Gasteiger partial charge >= 0.3 is 0 Å². The summed E-state index contributed by atoms with van der Waals surface area (Å²) in [6, 6.07) is 0. The van der Waals surface area contributed by atoms with Crippen LogP contribution in [0.3, 0.4) is 0 Å². The van der Waals surface area contributed by atoms with Crippen molar-refractivity contribution in [2.24, 2.45) is 28.6 Å². The molecule has 0 radical (unpaired) electrons. The second-order valence-electron chi connectivity index (χ2n) is 7.86. The molecule has 3 aliphatic carbocycles. The minimum atomic E-state index is 0.138. The third-order valence-corrected chi connectivity index (χ3v) is 7.23. The summed E-state index contributed by atoms with van der Waals surface area (Å²) in [5.74, 6) is 2.66. The molecule has 0 saturated heterocycles. The normalized spacial score (nSPS) is 55.9. The van der Waals surface area contributed by atoms with E-state index in [0.717, 1.165) is 17.8 Å². The van der Waals surface area contributed by atoms with Crippen molar-refractivity contribution in [3.8, 4) is 0 Å². The predicted octanol–water partition coefficient (Wildman–Crippen LogP) is 4.26. The first-order chi connectivity index (χ1) is 7.87. The topological polar surface area (TPSA) is 9.23 Å². The lowest BCUT2D eigenvalue weighted by Crippen LogP contribution is -2.45. The van der Waals surface area contributed by atoms with Crippen LogP contribution in [0.15, 0.2) is 0 Å². The van der Waals surface area contributed by atoms with Crippen LogP contribution in [0, 0.1) is 28.6 Å². The van der Waals surface area contributed by atoms with Crippen molar-refractivity contribution in [1.82, 2.24) is 0 Å². The lowest BCUT2D eigenvalue weighted by atomic mass is 9.64. The molecule has 3 fully saturated rings. The number of methoxy groups -OCH3 is 1. The maximum absolute atomic E-state index is 5.94. The molecule has 3 aliphatic rings. The van der Waals surface area contributed by atoms with Gasteiger partial charge in [0.2, 0.25) is 0 Å². The minimum Gasteiger partial charge on any atom is -0.378 e. The molecule has 0 aliphatic heterocycles. The number of rotatable bonds is 1. The highest BCUT2D eigenvalue weighted by molar-refractivity contribution is 5.17. The highest BCUT2D eigenvalue weighted by Crippen LogP contribution is 2.73. The molecular weight excluding hydrogens is 208 g/mol. The lowest BCUT2D eigenvalue weighted by molar-refractivity contribution is -0.100. The van der Waals surface area contributed by atoms with Gasteiger partial charge in [0.05, 0.1) is 5.60 Å². The van der Waals surface area contributed by atoms with Crippen molar-refractivity contribution in [1.29, 1.82) is 0 Å². The Kier molecular flexibility index (Phi) is 2.32. The summed E-state index contributed by atoms with van der Waals surface area (Å²) in [7, 11) is 1.92. The zero-order valence-corrected chi connectivity index (χ0v) is 12.2. The summed E-state index contributed by atoms with van der Waals surface area (Å²) in [6.45, 7) is 9.90. The molecule has 0 aromatic carbocycles. The average molecular weight is 236 g/mol. The molecule has 1 heteroatoms. The fourth-order valence-electron chi connectivity index (χ4n) is 6.10. The van der Waals surface area contributed by atoms with Crippen LogP contribution in [-0.2, 0) is 4.74 Å². The zero-order chi connectivity index (χ0) is 12.5. The Hall–Kier alpha value is -0.0400. The molecule has 3 saturated carbocycles. The molecule has 17 heavy (non-hydrogen) atoms. The van der Waals surface area contributed by atoms with E-state index in [-0.39, 0.29) is 5.60 Å². The first-order valence-corrected chi connectivity index (χ1v) is 7.42. The van der Waals surface area contributed by atoms with Crippen molar-refractivity contribution in [2.75, 3.05) is 7.11 Å². The lowest BCUT2D eigenvalue weighted by Gasteiger charge is -2.46. The van der Waals surface area contributed by atoms with E-state index in [1.807, 2.05) is 7.11 Å². The quantitative estimate of drug-likeness (QED) is 0.661. The largest absolute Gasteiger partial charge is 0.378 e. The highest BCUT2D eigenvalue weighted by atomic mass is 16.5.